The van der Waals surface area contributed by atoms with Gasteiger partial charge in [0.2, 0.25) is 0 Å². The van der Waals surface area contributed by atoms with Crippen molar-refractivity contribution in [2.75, 3.05) is 5.32 Å². The number of nitrogens with zero attached hydrogens (tertiary/aromatic N) is 3. The van der Waals surface area contributed by atoms with Crippen molar-refractivity contribution < 1.29 is 0 Å². The van der Waals surface area contributed by atoms with Crippen LogP contribution in [0.2, 0.25) is 0 Å². The maximum absolute atomic E-state index is 11.3. The van der Waals surface area contributed by atoms with Crippen LogP contribution in [0.3, 0.4) is 0 Å². The van der Waals surface area contributed by atoms with Crippen molar-refractivity contribution in [1.82, 2.24) is 20.2 Å². The van der Waals surface area contributed by atoms with Crippen molar-refractivity contribution in [1.29, 1.82) is 0 Å². The Balaban J connectivity index is 2.10. The third-order valence-electron chi connectivity index (χ3n) is 2.09. The van der Waals surface area contributed by atoms with E-state index in [-0.39, 0.29) is 5.56 Å². The first-order valence-corrected chi connectivity index (χ1v) is 5.70. The summed E-state index contributed by atoms with van der Waals surface area (Å²) in [6, 6.07) is 0. The Morgan fingerprint density at radius 2 is 2.18 bits per heavy atom. The topological polar surface area (TPSA) is 83.6 Å². The molecule has 0 spiro atoms. The zero-order valence-corrected chi connectivity index (χ0v) is 10.7. The van der Waals surface area contributed by atoms with Crippen LogP contribution >= 0.6 is 15.9 Å². The van der Waals surface area contributed by atoms with E-state index in [2.05, 4.69) is 41.4 Å². The first-order valence-electron chi connectivity index (χ1n) is 4.91. The molecule has 0 amide bonds. The van der Waals surface area contributed by atoms with Gasteiger partial charge in [-0.15, -0.1) is 0 Å². The standard InChI is InChI=1S/C10H10BrN5O/c1-6-2-13-7(3-12-6)4-14-8-5-15-16-10(17)9(8)11/h2-3,5H,4H2,1H3,(H2,14,16,17). The lowest BCUT2D eigenvalue weighted by Crippen LogP contribution is -2.12. The summed E-state index contributed by atoms with van der Waals surface area (Å²) in [5.74, 6) is 0. The molecule has 2 N–H and O–H groups in total. The molecule has 0 fully saturated rings. The Bertz CT molecular complexity index is 566. The number of H-pyrrole nitrogens is 1. The van der Waals surface area contributed by atoms with Crippen LogP contribution in [-0.4, -0.2) is 20.2 Å². The molecule has 2 aromatic rings. The molecule has 0 aliphatic rings. The van der Waals surface area contributed by atoms with Crippen molar-refractivity contribution in [2.24, 2.45) is 0 Å². The summed E-state index contributed by atoms with van der Waals surface area (Å²) in [7, 11) is 0. The molecule has 2 heterocycles. The van der Waals surface area contributed by atoms with Gasteiger partial charge >= 0.3 is 0 Å². The van der Waals surface area contributed by atoms with Gasteiger partial charge in [0, 0.05) is 6.20 Å². The van der Waals surface area contributed by atoms with E-state index in [0.717, 1.165) is 11.4 Å². The molecule has 2 rings (SSSR count). The molecule has 0 aliphatic heterocycles. The monoisotopic (exact) mass is 295 g/mol. The summed E-state index contributed by atoms with van der Waals surface area (Å²) in [6.45, 7) is 2.36. The number of hydrogen-bond donors (Lipinski definition) is 2. The van der Waals surface area contributed by atoms with Crippen molar-refractivity contribution in [3.8, 4) is 0 Å². The van der Waals surface area contributed by atoms with Crippen molar-refractivity contribution in [3.05, 3.63) is 44.8 Å². The van der Waals surface area contributed by atoms with Crippen molar-refractivity contribution >= 4 is 21.6 Å². The highest BCUT2D eigenvalue weighted by molar-refractivity contribution is 9.10. The molecular formula is C10H10BrN5O. The minimum Gasteiger partial charge on any atom is -0.377 e. The van der Waals surface area contributed by atoms with Gasteiger partial charge in [0.15, 0.2) is 0 Å². The Hall–Kier alpha value is -1.76. The van der Waals surface area contributed by atoms with Crippen LogP contribution in [0.5, 0.6) is 0 Å². The minimum absolute atomic E-state index is 0.273. The number of aryl methyl sites for hydroxylation is 1. The summed E-state index contributed by atoms with van der Waals surface area (Å²) < 4.78 is 0.424. The molecule has 17 heavy (non-hydrogen) atoms. The van der Waals surface area contributed by atoms with Gasteiger partial charge in [0.05, 0.1) is 36.0 Å². The number of hydrogen-bond acceptors (Lipinski definition) is 5. The second-order valence-corrected chi connectivity index (χ2v) is 4.22. The summed E-state index contributed by atoms with van der Waals surface area (Å²) in [6.07, 6.45) is 4.92. The summed E-state index contributed by atoms with van der Waals surface area (Å²) in [4.78, 5) is 19.6. The number of aromatic amines is 1. The molecule has 0 aliphatic carbocycles. The highest BCUT2D eigenvalue weighted by Crippen LogP contribution is 2.15. The predicted molar refractivity (Wildman–Crippen MR) is 66.7 cm³/mol. The van der Waals surface area contributed by atoms with E-state index in [1.54, 1.807) is 12.4 Å². The maximum Gasteiger partial charge on any atom is 0.280 e. The summed E-state index contributed by atoms with van der Waals surface area (Å²) >= 11 is 3.18. The average molecular weight is 296 g/mol. The average Bonchev–Trinajstić information content (AvgIpc) is 2.33. The molecule has 88 valence electrons. The first-order chi connectivity index (χ1) is 8.16. The third-order valence-corrected chi connectivity index (χ3v) is 2.88. The number of aromatic nitrogens is 4. The van der Waals surface area contributed by atoms with E-state index < -0.39 is 0 Å². The normalized spacial score (nSPS) is 10.2. The molecule has 7 heteroatoms. The number of nitrogens with one attached hydrogen (secondary N) is 2. The van der Waals surface area contributed by atoms with Gasteiger partial charge in [-0.05, 0) is 22.9 Å². The fourth-order valence-electron chi connectivity index (χ4n) is 1.20. The van der Waals surface area contributed by atoms with Gasteiger partial charge in [-0.3, -0.25) is 14.8 Å². The molecule has 0 bridgehead atoms. The molecule has 0 atom stereocenters. The van der Waals surface area contributed by atoms with Gasteiger partial charge in [0.1, 0.15) is 4.47 Å². The van der Waals surface area contributed by atoms with E-state index in [1.807, 2.05) is 6.92 Å². The van der Waals surface area contributed by atoms with Crippen molar-refractivity contribution in [2.45, 2.75) is 13.5 Å². The Labute approximate surface area is 106 Å². The zero-order valence-electron chi connectivity index (χ0n) is 9.07. The fourth-order valence-corrected chi connectivity index (χ4v) is 1.53. The molecule has 0 radical (unpaired) electrons. The first kappa shape index (κ1) is 11.7. The second-order valence-electron chi connectivity index (χ2n) is 3.43. The van der Waals surface area contributed by atoms with Crippen molar-refractivity contribution in [3.63, 3.8) is 0 Å². The molecule has 6 nitrogen and oxygen atoms in total. The highest BCUT2D eigenvalue weighted by atomic mass is 79.9. The van der Waals surface area contributed by atoms with Crippen LogP contribution in [0, 0.1) is 6.92 Å². The molecular weight excluding hydrogens is 286 g/mol. The third kappa shape index (κ3) is 2.88. The largest absolute Gasteiger partial charge is 0.377 e. The Kier molecular flexibility index (Phi) is 3.48. The molecule has 0 saturated heterocycles. The number of rotatable bonds is 3. The van der Waals surface area contributed by atoms with Crippen LogP contribution < -0.4 is 10.9 Å². The lowest BCUT2D eigenvalue weighted by molar-refractivity contribution is 0.952. The van der Waals surface area contributed by atoms with E-state index in [0.29, 0.717) is 16.7 Å². The highest BCUT2D eigenvalue weighted by Gasteiger charge is 2.04. The van der Waals surface area contributed by atoms with Gasteiger partial charge in [0.25, 0.3) is 5.56 Å². The predicted octanol–water partition coefficient (Wildman–Crippen LogP) is 1.24. The quantitative estimate of drug-likeness (QED) is 0.890. The molecule has 0 unspecified atom stereocenters. The van der Waals surface area contributed by atoms with Crippen LogP contribution in [0.4, 0.5) is 5.69 Å². The van der Waals surface area contributed by atoms with E-state index in [9.17, 15) is 4.79 Å². The van der Waals surface area contributed by atoms with Gasteiger partial charge < -0.3 is 5.32 Å². The van der Waals surface area contributed by atoms with E-state index >= 15 is 0 Å². The lowest BCUT2D eigenvalue weighted by atomic mass is 10.4. The van der Waals surface area contributed by atoms with Crippen LogP contribution in [0.25, 0.3) is 0 Å². The van der Waals surface area contributed by atoms with E-state index in [4.69, 9.17) is 0 Å². The van der Waals surface area contributed by atoms with E-state index in [1.165, 1.54) is 6.20 Å². The van der Waals surface area contributed by atoms with Crippen LogP contribution in [0.1, 0.15) is 11.4 Å². The van der Waals surface area contributed by atoms with Gasteiger partial charge in [-0.1, -0.05) is 0 Å². The minimum atomic E-state index is -0.273. The molecule has 0 saturated carbocycles. The molecule has 2 aromatic heterocycles. The Morgan fingerprint density at radius 1 is 1.35 bits per heavy atom. The van der Waals surface area contributed by atoms with Gasteiger partial charge in [-0.25, -0.2) is 5.10 Å². The second kappa shape index (κ2) is 5.05. The summed E-state index contributed by atoms with van der Waals surface area (Å²) in [5, 5.41) is 9.09. The SMILES string of the molecule is Cc1cnc(CNc2cn[nH]c(=O)c2Br)cn1. The van der Waals surface area contributed by atoms with Crippen LogP contribution in [-0.2, 0) is 6.54 Å². The maximum atomic E-state index is 11.3. The fraction of sp³-hybridized carbons (Fsp3) is 0.200. The van der Waals surface area contributed by atoms with Gasteiger partial charge in [-0.2, -0.15) is 5.10 Å². The summed E-state index contributed by atoms with van der Waals surface area (Å²) in [5.41, 5.74) is 2.01. The zero-order chi connectivity index (χ0) is 12.3. The smallest absolute Gasteiger partial charge is 0.280 e. The number of halogens is 1. The Morgan fingerprint density at radius 3 is 2.88 bits per heavy atom. The molecule has 0 aromatic carbocycles. The van der Waals surface area contributed by atoms with Crippen LogP contribution in [0.15, 0.2) is 27.9 Å². The number of anilines is 1. The lowest BCUT2D eigenvalue weighted by Gasteiger charge is -2.06.